The Hall–Kier alpha value is 0.1000. The monoisotopic (exact) mass is 294 g/mol. The number of unbranched alkanes of at least 4 members (excludes halogenated alkanes) is 1. The van der Waals surface area contributed by atoms with Gasteiger partial charge in [0.05, 0.1) is 7.76 Å². The second-order valence-electron chi connectivity index (χ2n) is 2.63. The third-order valence-corrected chi connectivity index (χ3v) is 3.54. The van der Waals surface area contributed by atoms with E-state index >= 15 is 0 Å². The number of hydrogen-bond acceptors (Lipinski definition) is 2. The number of halogens is 1. The van der Waals surface area contributed by atoms with E-state index in [0.29, 0.717) is 12.2 Å². The minimum atomic E-state index is 0.296. The molecule has 0 aliphatic rings. The number of carbonyl (C=O) groups is 1. The molecule has 0 fully saturated rings. The smallest absolute Gasteiger partial charge is 0.172 e. The molecule has 1 aromatic rings. The fraction of sp³-hybridized carbons (Fsp3) is 0.444. The van der Waals surface area contributed by atoms with Crippen molar-refractivity contribution in [1.29, 1.82) is 0 Å². The van der Waals surface area contributed by atoms with Gasteiger partial charge in [-0.2, -0.15) is 0 Å². The molecule has 0 bridgehead atoms. The van der Waals surface area contributed by atoms with Crippen LogP contribution in [0.5, 0.6) is 0 Å². The molecule has 1 heterocycles. The van der Waals surface area contributed by atoms with Crippen LogP contribution in [0.4, 0.5) is 0 Å². The van der Waals surface area contributed by atoms with Crippen LogP contribution in [-0.2, 0) is 0 Å². The van der Waals surface area contributed by atoms with Gasteiger partial charge < -0.3 is 0 Å². The van der Waals surface area contributed by atoms with Crippen LogP contribution in [0, 0.1) is 2.88 Å². The van der Waals surface area contributed by atoms with E-state index in [1.807, 2.05) is 12.1 Å². The zero-order valence-electron chi connectivity index (χ0n) is 6.97. The third-order valence-electron chi connectivity index (χ3n) is 1.61. The van der Waals surface area contributed by atoms with Gasteiger partial charge in [0.2, 0.25) is 0 Å². The quantitative estimate of drug-likeness (QED) is 0.611. The number of rotatable bonds is 4. The van der Waals surface area contributed by atoms with Gasteiger partial charge in [0, 0.05) is 6.42 Å². The first kappa shape index (κ1) is 10.2. The van der Waals surface area contributed by atoms with Gasteiger partial charge >= 0.3 is 0 Å². The van der Waals surface area contributed by atoms with Crippen molar-refractivity contribution in [2.45, 2.75) is 26.2 Å². The Morgan fingerprint density at radius 1 is 1.58 bits per heavy atom. The number of ketones is 1. The summed E-state index contributed by atoms with van der Waals surface area (Å²) in [5.41, 5.74) is 0. The summed E-state index contributed by atoms with van der Waals surface area (Å²) in [5, 5.41) is 0. The molecule has 0 spiro atoms. The second-order valence-corrected chi connectivity index (χ2v) is 5.61. The van der Waals surface area contributed by atoms with E-state index < -0.39 is 0 Å². The number of thiophene rings is 1. The van der Waals surface area contributed by atoms with Gasteiger partial charge in [0.1, 0.15) is 0 Å². The van der Waals surface area contributed by atoms with Gasteiger partial charge in [-0.05, 0) is 41.1 Å². The van der Waals surface area contributed by atoms with E-state index in [4.69, 9.17) is 0 Å². The fourth-order valence-corrected chi connectivity index (χ4v) is 2.51. The van der Waals surface area contributed by atoms with Crippen LogP contribution >= 0.6 is 33.9 Å². The third kappa shape index (κ3) is 2.86. The molecule has 0 saturated carbocycles. The Morgan fingerprint density at radius 2 is 2.33 bits per heavy atom. The average molecular weight is 294 g/mol. The molecule has 0 aromatic carbocycles. The maximum Gasteiger partial charge on any atom is 0.172 e. The van der Waals surface area contributed by atoms with Gasteiger partial charge in [0.25, 0.3) is 0 Å². The first-order chi connectivity index (χ1) is 5.74. The number of hydrogen-bond donors (Lipinski definition) is 0. The van der Waals surface area contributed by atoms with Crippen LogP contribution in [0.2, 0.25) is 0 Å². The molecule has 1 rings (SSSR count). The molecule has 1 nitrogen and oxygen atoms in total. The zero-order chi connectivity index (χ0) is 8.97. The Morgan fingerprint density at radius 3 is 2.83 bits per heavy atom. The predicted octanol–water partition coefficient (Wildman–Crippen LogP) is 3.73. The lowest BCUT2D eigenvalue weighted by Gasteiger charge is -1.93. The first-order valence-electron chi connectivity index (χ1n) is 4.02. The Bertz CT molecular complexity index is 267. The molecule has 12 heavy (non-hydrogen) atoms. The summed E-state index contributed by atoms with van der Waals surface area (Å²) in [6.07, 6.45) is 2.80. The molecule has 0 amide bonds. The summed E-state index contributed by atoms with van der Waals surface area (Å²) in [7, 11) is 0. The predicted molar refractivity (Wildman–Crippen MR) is 60.9 cm³/mol. The van der Waals surface area contributed by atoms with Crippen molar-refractivity contribution in [3.63, 3.8) is 0 Å². The van der Waals surface area contributed by atoms with Crippen molar-refractivity contribution in [3.05, 3.63) is 19.9 Å². The minimum absolute atomic E-state index is 0.296. The topological polar surface area (TPSA) is 17.1 Å². The molecular weight excluding hydrogens is 283 g/mol. The van der Waals surface area contributed by atoms with Crippen molar-refractivity contribution in [2.75, 3.05) is 0 Å². The molecule has 0 saturated heterocycles. The van der Waals surface area contributed by atoms with Crippen molar-refractivity contribution in [1.82, 2.24) is 0 Å². The van der Waals surface area contributed by atoms with Crippen LogP contribution in [-0.4, -0.2) is 5.78 Å². The maximum atomic E-state index is 11.4. The lowest BCUT2D eigenvalue weighted by Crippen LogP contribution is -1.94. The van der Waals surface area contributed by atoms with Crippen molar-refractivity contribution in [3.8, 4) is 0 Å². The van der Waals surface area contributed by atoms with Gasteiger partial charge in [0.15, 0.2) is 5.78 Å². The van der Waals surface area contributed by atoms with Crippen LogP contribution in [0.15, 0.2) is 12.1 Å². The summed E-state index contributed by atoms with van der Waals surface area (Å²) in [6, 6.07) is 3.91. The SMILES string of the molecule is CCCCC(=O)c1ccc(I)s1. The molecule has 3 heteroatoms. The Labute approximate surface area is 90.3 Å². The van der Waals surface area contributed by atoms with E-state index in [9.17, 15) is 4.79 Å². The minimum Gasteiger partial charge on any atom is -0.293 e. The molecule has 0 radical (unpaired) electrons. The molecule has 66 valence electrons. The molecule has 0 aliphatic heterocycles. The number of Topliss-reactive ketones (excluding diaryl/α,β-unsaturated/α-hetero) is 1. The highest BCUT2D eigenvalue weighted by atomic mass is 127. The normalized spacial score (nSPS) is 10.2. The van der Waals surface area contributed by atoms with Crippen molar-refractivity contribution >= 4 is 39.7 Å². The van der Waals surface area contributed by atoms with Gasteiger partial charge in [-0.1, -0.05) is 13.3 Å². The first-order valence-corrected chi connectivity index (χ1v) is 5.92. The summed E-state index contributed by atoms with van der Waals surface area (Å²) in [5.74, 6) is 0.296. The van der Waals surface area contributed by atoms with E-state index in [0.717, 1.165) is 17.7 Å². The van der Waals surface area contributed by atoms with E-state index in [-0.39, 0.29) is 0 Å². The van der Waals surface area contributed by atoms with Crippen LogP contribution in [0.1, 0.15) is 35.9 Å². The van der Waals surface area contributed by atoms with Crippen molar-refractivity contribution < 1.29 is 4.79 Å². The zero-order valence-corrected chi connectivity index (χ0v) is 9.94. The van der Waals surface area contributed by atoms with Gasteiger partial charge in [-0.25, -0.2) is 0 Å². The Balaban J connectivity index is 2.53. The highest BCUT2D eigenvalue weighted by molar-refractivity contribution is 14.1. The van der Waals surface area contributed by atoms with Crippen LogP contribution in [0.25, 0.3) is 0 Å². The maximum absolute atomic E-state index is 11.4. The van der Waals surface area contributed by atoms with E-state index in [2.05, 4.69) is 29.5 Å². The second kappa shape index (κ2) is 4.97. The summed E-state index contributed by atoms with van der Waals surface area (Å²) in [6.45, 7) is 2.10. The van der Waals surface area contributed by atoms with E-state index in [1.54, 1.807) is 11.3 Å². The van der Waals surface area contributed by atoms with E-state index in [1.165, 1.54) is 2.88 Å². The number of carbonyl (C=O) groups excluding carboxylic acids is 1. The molecular formula is C9H11IOS. The molecule has 0 unspecified atom stereocenters. The largest absolute Gasteiger partial charge is 0.293 e. The van der Waals surface area contributed by atoms with Gasteiger partial charge in [-0.15, -0.1) is 11.3 Å². The molecule has 1 aromatic heterocycles. The summed E-state index contributed by atoms with van der Waals surface area (Å²) in [4.78, 5) is 12.3. The highest BCUT2D eigenvalue weighted by Crippen LogP contribution is 2.20. The molecule has 0 N–H and O–H groups in total. The standard InChI is InChI=1S/C9H11IOS/c1-2-3-4-7(11)8-5-6-9(10)12-8/h5-6H,2-4H2,1H3. The average Bonchev–Trinajstić information content (AvgIpc) is 2.47. The molecule has 0 atom stereocenters. The highest BCUT2D eigenvalue weighted by Gasteiger charge is 2.06. The lowest BCUT2D eigenvalue weighted by atomic mass is 10.2. The summed E-state index contributed by atoms with van der Waals surface area (Å²) < 4.78 is 1.19. The van der Waals surface area contributed by atoms with Crippen molar-refractivity contribution in [2.24, 2.45) is 0 Å². The van der Waals surface area contributed by atoms with Crippen LogP contribution in [0.3, 0.4) is 0 Å². The van der Waals surface area contributed by atoms with Gasteiger partial charge in [-0.3, -0.25) is 4.79 Å². The summed E-state index contributed by atoms with van der Waals surface area (Å²) >= 11 is 3.82. The fourth-order valence-electron chi connectivity index (χ4n) is 0.925. The van der Waals surface area contributed by atoms with Crippen LogP contribution < -0.4 is 0 Å². The Kier molecular flexibility index (Phi) is 4.21. The lowest BCUT2D eigenvalue weighted by molar-refractivity contribution is 0.0983. The molecule has 0 aliphatic carbocycles.